The maximum Gasteiger partial charge on any atom is 0.317 e. The molecule has 1 aromatic rings. The molecule has 4 nitrogen and oxygen atoms in total. The van der Waals surface area contributed by atoms with Gasteiger partial charge in [-0.3, -0.25) is 14.5 Å². The van der Waals surface area contributed by atoms with Gasteiger partial charge in [0, 0.05) is 29.6 Å². The summed E-state index contributed by atoms with van der Waals surface area (Å²) in [4.78, 5) is 27.5. The monoisotopic (exact) mass is 369 g/mol. The molecule has 0 N–H and O–H groups in total. The van der Waals surface area contributed by atoms with Gasteiger partial charge in [-0.1, -0.05) is 23.7 Å². The van der Waals surface area contributed by atoms with Crippen LogP contribution in [0.2, 0.25) is 5.02 Å². The van der Waals surface area contributed by atoms with Gasteiger partial charge in [-0.05, 0) is 42.9 Å². The molecule has 24 heavy (non-hydrogen) atoms. The largest absolute Gasteiger partial charge is 0.468 e. The molecule has 0 radical (unpaired) electrons. The lowest BCUT2D eigenvalue weighted by Crippen LogP contribution is -2.60. The van der Waals surface area contributed by atoms with Gasteiger partial charge in [0.25, 0.3) is 0 Å². The van der Waals surface area contributed by atoms with Gasteiger partial charge in [0.1, 0.15) is 5.92 Å². The Labute approximate surface area is 152 Å². The number of carbonyl (C=O) groups is 2. The summed E-state index contributed by atoms with van der Waals surface area (Å²) in [6.45, 7) is 0.532. The Morgan fingerprint density at radius 2 is 1.96 bits per heavy atom. The second-order valence-electron chi connectivity index (χ2n) is 6.89. The highest BCUT2D eigenvalue weighted by molar-refractivity contribution is 6.30. The molecular weight excluding hydrogens is 349 g/mol. The van der Waals surface area contributed by atoms with Crippen LogP contribution >= 0.6 is 24.0 Å². The molecular formula is C18H21Cl2NO3. The van der Waals surface area contributed by atoms with E-state index in [0.717, 1.165) is 24.8 Å². The van der Waals surface area contributed by atoms with Crippen LogP contribution in [0.1, 0.15) is 30.7 Å². The number of methoxy groups -OCH3 is 1. The fourth-order valence-electron chi connectivity index (χ4n) is 4.90. The van der Waals surface area contributed by atoms with E-state index < -0.39 is 5.92 Å². The minimum absolute atomic E-state index is 0. The maximum absolute atomic E-state index is 13.0. The molecule has 3 aliphatic heterocycles. The van der Waals surface area contributed by atoms with Crippen molar-refractivity contribution < 1.29 is 14.3 Å². The van der Waals surface area contributed by atoms with E-state index in [2.05, 4.69) is 4.90 Å². The molecule has 3 heterocycles. The van der Waals surface area contributed by atoms with Crippen LogP contribution in [-0.2, 0) is 14.3 Å². The first-order valence-electron chi connectivity index (χ1n) is 8.23. The van der Waals surface area contributed by atoms with Gasteiger partial charge in [-0.25, -0.2) is 0 Å². The van der Waals surface area contributed by atoms with E-state index in [9.17, 15) is 9.59 Å². The average molecular weight is 370 g/mol. The summed E-state index contributed by atoms with van der Waals surface area (Å²) in [7, 11) is 1.36. The lowest BCUT2D eigenvalue weighted by Gasteiger charge is -2.49. The van der Waals surface area contributed by atoms with Crippen molar-refractivity contribution in [1.82, 2.24) is 4.90 Å². The summed E-state index contributed by atoms with van der Waals surface area (Å²) in [5.41, 5.74) is 1.16. The second-order valence-corrected chi connectivity index (χ2v) is 7.33. The highest BCUT2D eigenvalue weighted by atomic mass is 35.5. The van der Waals surface area contributed by atoms with Crippen molar-refractivity contribution in [1.29, 1.82) is 0 Å². The van der Waals surface area contributed by atoms with Crippen molar-refractivity contribution in [2.45, 2.75) is 37.3 Å². The molecule has 0 aliphatic carbocycles. The molecule has 0 aromatic heterocycles. The molecule has 6 unspecified atom stereocenters. The zero-order valence-electron chi connectivity index (χ0n) is 13.5. The van der Waals surface area contributed by atoms with Crippen LogP contribution < -0.4 is 0 Å². The molecule has 4 bridgehead atoms. The Hall–Kier alpha value is -1.10. The Morgan fingerprint density at radius 3 is 2.62 bits per heavy atom. The highest BCUT2D eigenvalue weighted by Gasteiger charge is 2.56. The van der Waals surface area contributed by atoms with E-state index in [0.29, 0.717) is 17.6 Å². The molecule has 1 aromatic carbocycles. The van der Waals surface area contributed by atoms with Gasteiger partial charge in [0.2, 0.25) is 0 Å². The lowest BCUT2D eigenvalue weighted by molar-refractivity contribution is -0.158. The number of esters is 1. The fourth-order valence-corrected chi connectivity index (χ4v) is 5.03. The van der Waals surface area contributed by atoms with Gasteiger partial charge in [0.15, 0.2) is 5.78 Å². The maximum atomic E-state index is 13.0. The number of hydrogen-bond donors (Lipinski definition) is 0. The van der Waals surface area contributed by atoms with E-state index in [1.54, 1.807) is 0 Å². The smallest absolute Gasteiger partial charge is 0.317 e. The predicted octanol–water partition coefficient (Wildman–Crippen LogP) is 3.07. The van der Waals surface area contributed by atoms with E-state index in [-0.39, 0.29) is 42.0 Å². The molecule has 3 fully saturated rings. The van der Waals surface area contributed by atoms with Gasteiger partial charge in [-0.2, -0.15) is 0 Å². The van der Waals surface area contributed by atoms with Crippen LogP contribution in [0.25, 0.3) is 0 Å². The second kappa shape index (κ2) is 6.66. The van der Waals surface area contributed by atoms with Crippen LogP contribution in [-0.4, -0.2) is 42.4 Å². The van der Waals surface area contributed by atoms with Gasteiger partial charge < -0.3 is 4.74 Å². The summed E-state index contributed by atoms with van der Waals surface area (Å²) in [5.74, 6) is -0.870. The van der Waals surface area contributed by atoms with Crippen LogP contribution in [0.4, 0.5) is 0 Å². The van der Waals surface area contributed by atoms with Crippen molar-refractivity contribution in [3.63, 3.8) is 0 Å². The lowest BCUT2D eigenvalue weighted by atomic mass is 9.68. The zero-order chi connectivity index (χ0) is 16.1. The predicted molar refractivity (Wildman–Crippen MR) is 93.6 cm³/mol. The third-order valence-corrected chi connectivity index (χ3v) is 6.17. The summed E-state index contributed by atoms with van der Waals surface area (Å²) in [6, 6.07) is 8.57. The fraction of sp³-hybridized carbons (Fsp3) is 0.556. The zero-order valence-corrected chi connectivity index (χ0v) is 15.1. The third-order valence-electron chi connectivity index (χ3n) is 5.91. The number of piperidine rings is 2. The Kier molecular flexibility index (Phi) is 4.92. The standard InChI is InChI=1S/C18H20ClNO3.ClH/c1-23-18(22)14-9-20-12-6-7-15(20)16(17(14)21)13(8-12)10-2-4-11(19)5-3-10;/h2-5,12-16H,6-9H2,1H3;1H. The Morgan fingerprint density at radius 1 is 1.25 bits per heavy atom. The molecule has 6 heteroatoms. The number of carbonyl (C=O) groups excluding carboxylic acids is 2. The topological polar surface area (TPSA) is 46.6 Å². The molecule has 3 saturated heterocycles. The number of rotatable bonds is 2. The number of halogens is 2. The number of benzene rings is 1. The first-order valence-corrected chi connectivity index (χ1v) is 8.60. The molecule has 130 valence electrons. The first kappa shape index (κ1) is 17.7. The minimum atomic E-state index is -0.628. The van der Waals surface area contributed by atoms with Crippen molar-refractivity contribution in [2.24, 2.45) is 11.8 Å². The number of ether oxygens (including phenoxy) is 1. The van der Waals surface area contributed by atoms with Crippen LogP contribution in [0.5, 0.6) is 0 Å². The van der Waals surface area contributed by atoms with Crippen LogP contribution in [0, 0.1) is 11.8 Å². The van der Waals surface area contributed by atoms with Crippen molar-refractivity contribution in [2.75, 3.05) is 13.7 Å². The van der Waals surface area contributed by atoms with E-state index in [1.807, 2.05) is 24.3 Å². The number of nitrogens with zero attached hydrogens (tertiary/aromatic N) is 1. The number of ketones is 1. The van der Waals surface area contributed by atoms with Crippen LogP contribution in [0.15, 0.2) is 24.3 Å². The van der Waals surface area contributed by atoms with Crippen LogP contribution in [0.3, 0.4) is 0 Å². The molecule has 0 spiro atoms. The molecule has 4 rings (SSSR count). The molecule has 6 atom stereocenters. The highest BCUT2D eigenvalue weighted by Crippen LogP contribution is 2.50. The average Bonchev–Trinajstić information content (AvgIpc) is 2.83. The van der Waals surface area contributed by atoms with Crippen molar-refractivity contribution in [3.8, 4) is 0 Å². The van der Waals surface area contributed by atoms with E-state index >= 15 is 0 Å². The first-order chi connectivity index (χ1) is 11.1. The van der Waals surface area contributed by atoms with E-state index in [1.165, 1.54) is 7.11 Å². The molecule has 0 saturated carbocycles. The summed E-state index contributed by atoms with van der Waals surface area (Å²) >= 11 is 6.00. The molecule has 3 aliphatic rings. The van der Waals surface area contributed by atoms with Gasteiger partial charge in [-0.15, -0.1) is 12.4 Å². The summed E-state index contributed by atoms with van der Waals surface area (Å²) in [5, 5.41) is 0.705. The van der Waals surface area contributed by atoms with Gasteiger partial charge in [0.05, 0.1) is 7.11 Å². The van der Waals surface area contributed by atoms with E-state index in [4.69, 9.17) is 16.3 Å². The Balaban J connectivity index is 0.00000169. The summed E-state index contributed by atoms with van der Waals surface area (Å²) in [6.07, 6.45) is 3.16. The SMILES string of the molecule is COC(=O)C1CN2C3CCC2C(C1=O)C(c1ccc(Cl)cc1)C3.Cl. The van der Waals surface area contributed by atoms with Crippen molar-refractivity contribution >= 4 is 35.8 Å². The van der Waals surface area contributed by atoms with Gasteiger partial charge >= 0.3 is 5.97 Å². The quantitative estimate of drug-likeness (QED) is 0.593. The molecule has 0 amide bonds. The third kappa shape index (κ3) is 2.65. The summed E-state index contributed by atoms with van der Waals surface area (Å²) < 4.78 is 4.87. The number of hydrogen-bond acceptors (Lipinski definition) is 4. The normalized spacial score (nSPS) is 36.8. The Bertz CT molecular complexity index is 648. The van der Waals surface area contributed by atoms with Crippen molar-refractivity contribution in [3.05, 3.63) is 34.9 Å². The number of Topliss-reactive ketones (excluding diaryl/α,β-unsaturated/α-hetero) is 1. The minimum Gasteiger partial charge on any atom is -0.468 e.